The van der Waals surface area contributed by atoms with Gasteiger partial charge in [-0.25, -0.2) is 4.52 Å². The average Bonchev–Trinajstić information content (AvgIpc) is 3.26. The van der Waals surface area contributed by atoms with Crippen molar-refractivity contribution in [1.29, 1.82) is 5.26 Å². The number of piperazine rings is 1. The second-order valence-corrected chi connectivity index (χ2v) is 8.08. The van der Waals surface area contributed by atoms with Gasteiger partial charge in [-0.3, -0.25) is 4.79 Å². The van der Waals surface area contributed by atoms with Crippen LogP contribution in [0.1, 0.15) is 21.5 Å². The first-order chi connectivity index (χ1) is 16.1. The summed E-state index contributed by atoms with van der Waals surface area (Å²) in [6, 6.07) is 20.5. The molecule has 33 heavy (non-hydrogen) atoms. The Labute approximate surface area is 191 Å². The van der Waals surface area contributed by atoms with Gasteiger partial charge in [-0.2, -0.15) is 10.2 Å². The number of hydrogen-bond donors (Lipinski definition) is 1. The molecule has 1 fully saturated rings. The van der Waals surface area contributed by atoms with E-state index in [0.29, 0.717) is 28.3 Å². The van der Waals surface area contributed by atoms with Crippen LogP contribution in [0.25, 0.3) is 5.65 Å². The molecular weight excluding hydrogens is 414 g/mol. The fourth-order valence-corrected chi connectivity index (χ4v) is 4.03. The van der Waals surface area contributed by atoms with Gasteiger partial charge < -0.3 is 15.1 Å². The topological polar surface area (TPSA) is 89.6 Å². The number of benzene rings is 2. The molecule has 0 spiro atoms. The average molecular weight is 438 g/mol. The van der Waals surface area contributed by atoms with Crippen LogP contribution >= 0.6 is 0 Å². The van der Waals surface area contributed by atoms with Gasteiger partial charge in [0.1, 0.15) is 0 Å². The van der Waals surface area contributed by atoms with E-state index < -0.39 is 0 Å². The van der Waals surface area contributed by atoms with E-state index in [1.54, 1.807) is 47.1 Å². The zero-order valence-electron chi connectivity index (χ0n) is 18.3. The van der Waals surface area contributed by atoms with Gasteiger partial charge in [0.05, 0.1) is 17.2 Å². The van der Waals surface area contributed by atoms with Crippen molar-refractivity contribution in [1.82, 2.24) is 19.5 Å². The van der Waals surface area contributed by atoms with Crippen LogP contribution in [0, 0.1) is 11.3 Å². The molecule has 0 amide bonds. The fourth-order valence-electron chi connectivity index (χ4n) is 4.03. The summed E-state index contributed by atoms with van der Waals surface area (Å²) in [6.07, 6.45) is 1.75. The molecule has 2 aromatic carbocycles. The molecule has 2 aromatic heterocycles. The Morgan fingerprint density at radius 1 is 1.00 bits per heavy atom. The van der Waals surface area contributed by atoms with Crippen molar-refractivity contribution in [2.24, 2.45) is 0 Å². The van der Waals surface area contributed by atoms with Gasteiger partial charge in [-0.15, -0.1) is 5.10 Å². The lowest BCUT2D eigenvalue weighted by Gasteiger charge is -2.34. The predicted octanol–water partition coefficient (Wildman–Crippen LogP) is 3.33. The molecule has 164 valence electrons. The predicted molar refractivity (Wildman–Crippen MR) is 127 cm³/mol. The van der Waals surface area contributed by atoms with Gasteiger partial charge in [0.15, 0.2) is 11.4 Å². The fraction of sp³-hybridized carbons (Fsp3) is 0.200. The molecule has 0 atom stereocenters. The van der Waals surface area contributed by atoms with Crippen molar-refractivity contribution in [3.8, 4) is 6.07 Å². The minimum absolute atomic E-state index is 0.256. The summed E-state index contributed by atoms with van der Waals surface area (Å²) in [5.41, 5.74) is 3.55. The number of nitriles is 1. The van der Waals surface area contributed by atoms with E-state index in [-0.39, 0.29) is 5.78 Å². The largest absolute Gasteiger partial charge is 0.369 e. The maximum atomic E-state index is 13.2. The van der Waals surface area contributed by atoms with Gasteiger partial charge in [-0.05, 0) is 49.5 Å². The Hall–Kier alpha value is -4.22. The molecule has 0 unspecified atom stereocenters. The molecule has 5 rings (SSSR count). The van der Waals surface area contributed by atoms with E-state index in [9.17, 15) is 10.1 Å². The molecule has 3 heterocycles. The monoisotopic (exact) mass is 437 g/mol. The summed E-state index contributed by atoms with van der Waals surface area (Å²) in [4.78, 5) is 22.5. The number of nitrogens with one attached hydrogen (secondary N) is 1. The first-order valence-corrected chi connectivity index (χ1v) is 10.8. The number of carbonyl (C=O) groups excluding carboxylic acids is 1. The van der Waals surface area contributed by atoms with E-state index in [1.807, 2.05) is 12.1 Å². The van der Waals surface area contributed by atoms with Crippen molar-refractivity contribution in [2.75, 3.05) is 43.4 Å². The van der Waals surface area contributed by atoms with Gasteiger partial charge in [0, 0.05) is 49.3 Å². The zero-order chi connectivity index (χ0) is 22.8. The number of pyridine rings is 1. The van der Waals surface area contributed by atoms with Crippen molar-refractivity contribution in [3.05, 3.63) is 83.6 Å². The summed E-state index contributed by atoms with van der Waals surface area (Å²) in [5.74, 6) is 0.146. The van der Waals surface area contributed by atoms with Crippen molar-refractivity contribution in [2.45, 2.75) is 0 Å². The maximum Gasteiger partial charge on any atom is 0.247 e. The lowest BCUT2D eigenvalue weighted by molar-refractivity contribution is 0.103. The highest BCUT2D eigenvalue weighted by Gasteiger charge is 2.19. The van der Waals surface area contributed by atoms with Crippen LogP contribution < -0.4 is 10.2 Å². The summed E-state index contributed by atoms with van der Waals surface area (Å²) >= 11 is 0. The standard InChI is InChI=1S/C25H23N7O/c1-30-12-14-31(15-13-30)20-8-4-7-19(16-20)27-25-28-24-22(10-5-11-32(24)29-25)23(33)21-9-3-2-6-18(21)17-26/h2-11,16H,12-15H2,1H3,(H,27,29). The third-order valence-electron chi connectivity index (χ3n) is 5.87. The molecular formula is C25H23N7O. The van der Waals surface area contributed by atoms with E-state index in [4.69, 9.17) is 0 Å². The van der Waals surface area contributed by atoms with Gasteiger partial charge in [0.25, 0.3) is 0 Å². The van der Waals surface area contributed by atoms with Crippen LogP contribution in [0.4, 0.5) is 17.3 Å². The van der Waals surface area contributed by atoms with Crippen LogP contribution in [0.2, 0.25) is 0 Å². The molecule has 1 N–H and O–H groups in total. The number of likely N-dealkylation sites (N-methyl/N-ethyl adjacent to an activating group) is 1. The number of rotatable bonds is 5. The Bertz CT molecular complexity index is 1360. The molecule has 0 radical (unpaired) electrons. The van der Waals surface area contributed by atoms with Gasteiger partial charge in [0.2, 0.25) is 5.95 Å². The highest BCUT2D eigenvalue weighted by Crippen LogP contribution is 2.24. The number of aromatic nitrogens is 3. The Balaban J connectivity index is 1.43. The Morgan fingerprint density at radius 2 is 1.79 bits per heavy atom. The molecule has 8 heteroatoms. The minimum atomic E-state index is -0.256. The molecule has 0 aliphatic carbocycles. The first kappa shape index (κ1) is 20.7. The zero-order valence-corrected chi connectivity index (χ0v) is 18.3. The van der Waals surface area contributed by atoms with Gasteiger partial charge in [-0.1, -0.05) is 18.2 Å². The number of anilines is 3. The highest BCUT2D eigenvalue weighted by molar-refractivity contribution is 6.13. The highest BCUT2D eigenvalue weighted by atomic mass is 16.1. The van der Waals surface area contributed by atoms with E-state index in [1.165, 1.54) is 0 Å². The number of hydrogen-bond acceptors (Lipinski definition) is 7. The number of nitrogens with zero attached hydrogens (tertiary/aromatic N) is 6. The summed E-state index contributed by atoms with van der Waals surface area (Å²) in [5, 5.41) is 17.1. The maximum absolute atomic E-state index is 13.2. The molecule has 1 saturated heterocycles. The molecule has 8 nitrogen and oxygen atoms in total. The third kappa shape index (κ3) is 4.14. The van der Waals surface area contributed by atoms with E-state index >= 15 is 0 Å². The summed E-state index contributed by atoms with van der Waals surface area (Å²) < 4.78 is 1.58. The molecule has 0 saturated carbocycles. The molecule has 0 bridgehead atoms. The van der Waals surface area contributed by atoms with Crippen molar-refractivity contribution >= 4 is 28.8 Å². The molecule has 4 aromatic rings. The van der Waals surface area contributed by atoms with E-state index in [0.717, 1.165) is 37.6 Å². The normalized spacial score (nSPS) is 14.2. The second-order valence-electron chi connectivity index (χ2n) is 8.08. The van der Waals surface area contributed by atoms with Crippen LogP contribution in [0.5, 0.6) is 0 Å². The molecule has 1 aliphatic rings. The van der Waals surface area contributed by atoms with Crippen molar-refractivity contribution in [3.63, 3.8) is 0 Å². The van der Waals surface area contributed by atoms with Crippen LogP contribution in [-0.2, 0) is 0 Å². The smallest absolute Gasteiger partial charge is 0.247 e. The summed E-state index contributed by atoms with van der Waals surface area (Å²) in [7, 11) is 2.14. The lowest BCUT2D eigenvalue weighted by atomic mass is 10.00. The molecule has 1 aliphatic heterocycles. The quantitative estimate of drug-likeness (QED) is 0.479. The van der Waals surface area contributed by atoms with Gasteiger partial charge >= 0.3 is 0 Å². The minimum Gasteiger partial charge on any atom is -0.369 e. The van der Waals surface area contributed by atoms with Crippen LogP contribution in [0.15, 0.2) is 66.9 Å². The third-order valence-corrected chi connectivity index (χ3v) is 5.87. The Morgan fingerprint density at radius 3 is 2.61 bits per heavy atom. The van der Waals surface area contributed by atoms with Crippen molar-refractivity contribution < 1.29 is 4.79 Å². The first-order valence-electron chi connectivity index (χ1n) is 10.8. The second kappa shape index (κ2) is 8.73. The van der Waals surface area contributed by atoms with Crippen LogP contribution in [0.3, 0.4) is 0 Å². The SMILES string of the molecule is CN1CCN(c2cccc(Nc3nc4c(C(=O)c5ccccc5C#N)cccn4n3)c2)CC1. The number of fused-ring (bicyclic) bond motifs is 1. The summed E-state index contributed by atoms with van der Waals surface area (Å²) in [6.45, 7) is 4.05. The lowest BCUT2D eigenvalue weighted by Crippen LogP contribution is -2.44. The number of ketones is 1. The van der Waals surface area contributed by atoms with Crippen LogP contribution in [-0.4, -0.2) is 58.5 Å². The van der Waals surface area contributed by atoms with E-state index in [2.05, 4.69) is 50.4 Å². The Kier molecular flexibility index (Phi) is 5.47. The number of carbonyl (C=O) groups is 1.